The van der Waals surface area contributed by atoms with Crippen LogP contribution in [0.3, 0.4) is 0 Å². The van der Waals surface area contributed by atoms with Gasteiger partial charge in [0.05, 0.1) is 32.4 Å². The fourth-order valence-electron chi connectivity index (χ4n) is 2.84. The summed E-state index contributed by atoms with van der Waals surface area (Å²) in [6.45, 7) is 5.58. The fourth-order valence-corrected chi connectivity index (χ4v) is 4.71. The number of amides is 1. The molecule has 0 bridgehead atoms. The molecule has 0 fully saturated rings. The molecule has 0 atom stereocenters. The van der Waals surface area contributed by atoms with Gasteiger partial charge in [0.2, 0.25) is 10.0 Å². The van der Waals surface area contributed by atoms with Gasteiger partial charge in [0, 0.05) is 10.0 Å². The number of carbonyl (C=O) groups excluding carboxylic acids is 1. The Labute approximate surface area is 191 Å². The maximum absolute atomic E-state index is 13.0. The van der Waals surface area contributed by atoms with Gasteiger partial charge in [-0.25, -0.2) is 13.6 Å². The van der Waals surface area contributed by atoms with E-state index in [1.807, 2.05) is 26.0 Å². The summed E-state index contributed by atoms with van der Waals surface area (Å²) in [5.41, 5.74) is 2.09. The molecular formula is C20H19Br2N3O4S. The lowest BCUT2D eigenvalue weighted by Crippen LogP contribution is -2.21. The van der Waals surface area contributed by atoms with Crippen molar-refractivity contribution >= 4 is 65.3 Å². The lowest BCUT2D eigenvalue weighted by Gasteiger charge is -2.15. The Bertz CT molecular complexity index is 1170. The van der Waals surface area contributed by atoms with Gasteiger partial charge in [-0.2, -0.15) is 10.1 Å². The third-order valence-electron chi connectivity index (χ3n) is 4.16. The van der Waals surface area contributed by atoms with Gasteiger partial charge in [0.1, 0.15) is 5.75 Å². The number of halogens is 2. The number of benzene rings is 2. The molecule has 0 spiro atoms. The number of hydrazone groups is 1. The first-order valence-corrected chi connectivity index (χ1v) is 12.0. The predicted molar refractivity (Wildman–Crippen MR) is 124 cm³/mol. The second kappa shape index (κ2) is 8.62. The molecule has 3 rings (SSSR count). The number of primary sulfonamides is 1. The average molecular weight is 557 g/mol. The van der Waals surface area contributed by atoms with Crippen molar-refractivity contribution in [1.82, 2.24) is 0 Å². The van der Waals surface area contributed by atoms with Crippen LogP contribution in [-0.2, 0) is 14.8 Å². The summed E-state index contributed by atoms with van der Waals surface area (Å²) in [5, 5.41) is 10.7. The summed E-state index contributed by atoms with van der Waals surface area (Å²) >= 11 is 6.97. The molecule has 0 radical (unpaired) electrons. The second-order valence-corrected chi connectivity index (χ2v) is 10.2. The topological polar surface area (TPSA) is 102 Å². The van der Waals surface area contributed by atoms with Crippen molar-refractivity contribution in [3.8, 4) is 5.75 Å². The summed E-state index contributed by atoms with van der Waals surface area (Å²) < 4.78 is 30.4. The Hall–Kier alpha value is -2.01. The Morgan fingerprint density at radius 2 is 1.80 bits per heavy atom. The first-order valence-electron chi connectivity index (χ1n) is 8.87. The van der Waals surface area contributed by atoms with Crippen LogP contribution in [0.1, 0.15) is 26.3 Å². The van der Waals surface area contributed by atoms with Gasteiger partial charge in [0.15, 0.2) is 0 Å². The summed E-state index contributed by atoms with van der Waals surface area (Å²) in [6.07, 6.45) is 1.68. The van der Waals surface area contributed by atoms with Crippen LogP contribution in [0.25, 0.3) is 6.08 Å². The van der Waals surface area contributed by atoms with E-state index >= 15 is 0 Å². The second-order valence-electron chi connectivity index (χ2n) is 6.87. The molecule has 1 amide bonds. The molecule has 2 aromatic rings. The molecule has 7 nitrogen and oxygen atoms in total. The number of nitrogens with two attached hydrogens (primary N) is 1. The molecule has 1 aliphatic rings. The molecular weight excluding hydrogens is 538 g/mol. The van der Waals surface area contributed by atoms with Crippen LogP contribution in [0.2, 0.25) is 0 Å². The van der Waals surface area contributed by atoms with Crippen molar-refractivity contribution in [3.63, 3.8) is 0 Å². The van der Waals surface area contributed by atoms with Crippen LogP contribution < -0.4 is 14.9 Å². The molecule has 0 aromatic heterocycles. The van der Waals surface area contributed by atoms with Crippen LogP contribution in [0.15, 0.2) is 60.9 Å². The zero-order valence-electron chi connectivity index (χ0n) is 16.4. The van der Waals surface area contributed by atoms with Gasteiger partial charge in [0.25, 0.3) is 5.91 Å². The Balaban J connectivity index is 1.99. The number of hydrogen-bond acceptors (Lipinski definition) is 5. The van der Waals surface area contributed by atoms with Gasteiger partial charge in [-0.05, 0) is 79.2 Å². The van der Waals surface area contributed by atoms with Crippen molar-refractivity contribution in [2.24, 2.45) is 10.2 Å². The van der Waals surface area contributed by atoms with E-state index in [1.165, 1.54) is 29.3 Å². The van der Waals surface area contributed by atoms with Gasteiger partial charge >= 0.3 is 0 Å². The first-order chi connectivity index (χ1) is 14.0. The van der Waals surface area contributed by atoms with Crippen LogP contribution in [0.4, 0.5) is 5.69 Å². The van der Waals surface area contributed by atoms with E-state index in [-0.39, 0.29) is 16.9 Å². The molecule has 1 aliphatic heterocycles. The maximum Gasteiger partial charge on any atom is 0.280 e. The number of ether oxygens (including phenoxy) is 1. The molecule has 2 aromatic carbocycles. The molecule has 158 valence electrons. The molecule has 0 saturated carbocycles. The van der Waals surface area contributed by atoms with E-state index in [0.717, 1.165) is 8.95 Å². The van der Waals surface area contributed by atoms with Gasteiger partial charge < -0.3 is 4.74 Å². The quantitative estimate of drug-likeness (QED) is 0.549. The normalized spacial score (nSPS) is 15.8. The lowest BCUT2D eigenvalue weighted by atomic mass is 10.1. The Kier molecular flexibility index (Phi) is 6.51. The summed E-state index contributed by atoms with van der Waals surface area (Å²) in [6, 6.07) is 9.38. The van der Waals surface area contributed by atoms with E-state index in [2.05, 4.69) is 37.0 Å². The molecule has 10 heteroatoms. The fraction of sp³-hybridized carbons (Fsp3) is 0.200. The van der Waals surface area contributed by atoms with Gasteiger partial charge in [-0.15, -0.1) is 0 Å². The third kappa shape index (κ3) is 4.83. The zero-order valence-corrected chi connectivity index (χ0v) is 20.4. The van der Waals surface area contributed by atoms with Crippen molar-refractivity contribution in [2.75, 3.05) is 5.01 Å². The molecule has 0 aliphatic carbocycles. The molecule has 0 saturated heterocycles. The highest BCUT2D eigenvalue weighted by molar-refractivity contribution is 9.11. The van der Waals surface area contributed by atoms with Crippen molar-refractivity contribution in [1.29, 1.82) is 0 Å². The van der Waals surface area contributed by atoms with Crippen molar-refractivity contribution in [3.05, 3.63) is 56.5 Å². The molecule has 30 heavy (non-hydrogen) atoms. The van der Waals surface area contributed by atoms with E-state index < -0.39 is 10.0 Å². The standard InChI is InChI=1S/C20H19Br2N3O4S/c1-11(2)29-19-13(8-14(21)10-18(19)22)9-17-12(3)24-25(20(17)26)15-4-6-16(7-5-15)30(23,27)28/h4-11H,1-3H3,(H2,23,27,28)/b17-9-. The smallest absolute Gasteiger partial charge is 0.280 e. The van der Waals surface area contributed by atoms with E-state index in [0.29, 0.717) is 28.3 Å². The van der Waals surface area contributed by atoms with Crippen LogP contribution in [-0.4, -0.2) is 26.1 Å². The highest BCUT2D eigenvalue weighted by Crippen LogP contribution is 2.36. The number of rotatable bonds is 5. The average Bonchev–Trinajstić information content (AvgIpc) is 2.92. The largest absolute Gasteiger partial charge is 0.489 e. The maximum atomic E-state index is 13.0. The minimum Gasteiger partial charge on any atom is -0.489 e. The first kappa shape index (κ1) is 22.7. The van der Waals surface area contributed by atoms with Crippen LogP contribution in [0, 0.1) is 0 Å². The van der Waals surface area contributed by atoms with E-state index in [1.54, 1.807) is 13.0 Å². The predicted octanol–water partition coefficient (Wildman–Crippen LogP) is 4.45. The Morgan fingerprint density at radius 3 is 2.37 bits per heavy atom. The molecule has 2 N–H and O–H groups in total. The van der Waals surface area contributed by atoms with E-state index in [4.69, 9.17) is 9.88 Å². The zero-order chi connectivity index (χ0) is 22.2. The van der Waals surface area contributed by atoms with Crippen LogP contribution >= 0.6 is 31.9 Å². The highest BCUT2D eigenvalue weighted by Gasteiger charge is 2.29. The third-order valence-corrected chi connectivity index (χ3v) is 6.14. The minimum atomic E-state index is -3.82. The number of sulfonamides is 1. The van der Waals surface area contributed by atoms with E-state index in [9.17, 15) is 13.2 Å². The summed E-state index contributed by atoms with van der Waals surface area (Å²) in [7, 11) is -3.82. The van der Waals surface area contributed by atoms with Crippen LogP contribution in [0.5, 0.6) is 5.75 Å². The van der Waals surface area contributed by atoms with Crippen molar-refractivity contribution < 1.29 is 17.9 Å². The SMILES string of the molecule is CC1=NN(c2ccc(S(N)(=O)=O)cc2)C(=O)/C1=C\c1cc(Br)cc(Br)c1OC(C)C. The molecule has 1 heterocycles. The number of nitrogens with zero attached hydrogens (tertiary/aromatic N) is 2. The number of hydrogen-bond donors (Lipinski definition) is 1. The molecule has 0 unspecified atom stereocenters. The monoisotopic (exact) mass is 555 g/mol. The summed E-state index contributed by atoms with van der Waals surface area (Å²) in [5.74, 6) is 0.291. The highest BCUT2D eigenvalue weighted by atomic mass is 79.9. The lowest BCUT2D eigenvalue weighted by molar-refractivity contribution is -0.114. The summed E-state index contributed by atoms with van der Waals surface area (Å²) in [4.78, 5) is 13.0. The minimum absolute atomic E-state index is 0.0381. The Morgan fingerprint density at radius 1 is 1.17 bits per heavy atom. The van der Waals surface area contributed by atoms with Gasteiger partial charge in [-0.1, -0.05) is 15.9 Å². The van der Waals surface area contributed by atoms with Crippen molar-refractivity contribution in [2.45, 2.75) is 31.8 Å². The number of anilines is 1. The number of carbonyl (C=O) groups is 1. The van der Waals surface area contributed by atoms with Gasteiger partial charge in [-0.3, -0.25) is 4.79 Å².